The van der Waals surface area contributed by atoms with Crippen molar-refractivity contribution in [1.29, 1.82) is 5.26 Å². The Labute approximate surface area is 294 Å². The Bertz CT molecular complexity index is 1630. The molecule has 0 saturated carbocycles. The first kappa shape index (κ1) is 37.2. The van der Waals surface area contributed by atoms with Gasteiger partial charge in [0.2, 0.25) is 0 Å². The van der Waals surface area contributed by atoms with E-state index in [1.165, 1.54) is 0 Å². The van der Waals surface area contributed by atoms with Crippen molar-refractivity contribution in [3.8, 4) is 28.4 Å². The molecule has 2 unspecified atom stereocenters. The van der Waals surface area contributed by atoms with Gasteiger partial charge in [0.05, 0.1) is 20.1 Å². The molecule has 2 atom stereocenters. The SMILES string of the molecule is CC(C)CC(Br)C(=O)c1ccc(Oc2ccccc2)c(Cl)c1.CC(C)CC(SC#N)C(=O)c1ccc(Oc2ccccc2)c(Cl)c1. The molecule has 0 aliphatic rings. The number of carbonyl (C=O) groups is 2. The van der Waals surface area contributed by atoms with Gasteiger partial charge in [0, 0.05) is 11.1 Å². The van der Waals surface area contributed by atoms with Crippen molar-refractivity contribution in [2.45, 2.75) is 50.6 Å². The predicted molar refractivity (Wildman–Crippen MR) is 193 cm³/mol. The van der Waals surface area contributed by atoms with Crippen molar-refractivity contribution in [2.75, 3.05) is 0 Å². The topological polar surface area (TPSA) is 76.4 Å². The fraction of sp³-hybridized carbons (Fsp3) is 0.270. The third-order valence-corrected chi connectivity index (χ3v) is 8.69. The van der Waals surface area contributed by atoms with Crippen molar-refractivity contribution in [1.82, 2.24) is 0 Å². The van der Waals surface area contributed by atoms with E-state index in [1.54, 1.807) is 36.4 Å². The number of carbonyl (C=O) groups excluding carboxylic acids is 2. The van der Waals surface area contributed by atoms with Gasteiger partial charge in [-0.15, -0.1) is 0 Å². The number of nitrogens with zero attached hydrogens (tertiary/aromatic N) is 1. The molecule has 0 bridgehead atoms. The van der Waals surface area contributed by atoms with Crippen LogP contribution < -0.4 is 9.47 Å². The number of ketones is 2. The van der Waals surface area contributed by atoms with E-state index in [1.807, 2.05) is 79.9 Å². The smallest absolute Gasteiger partial charge is 0.176 e. The molecule has 0 aromatic heterocycles. The lowest BCUT2D eigenvalue weighted by Crippen LogP contribution is -2.19. The summed E-state index contributed by atoms with van der Waals surface area (Å²) in [4.78, 5) is 24.8. The molecule has 46 heavy (non-hydrogen) atoms. The number of benzene rings is 4. The van der Waals surface area contributed by atoms with E-state index in [0.29, 0.717) is 62.4 Å². The lowest BCUT2D eigenvalue weighted by molar-refractivity contribution is 0.0976. The van der Waals surface area contributed by atoms with Gasteiger partial charge in [-0.1, -0.05) is 103 Å². The number of hydrogen-bond acceptors (Lipinski definition) is 6. The van der Waals surface area contributed by atoms with Crippen LogP contribution in [0.15, 0.2) is 97.1 Å². The summed E-state index contributed by atoms with van der Waals surface area (Å²) in [6.45, 7) is 8.24. The maximum absolute atomic E-state index is 12.6. The fourth-order valence-corrected chi connectivity index (χ4v) is 6.59. The van der Waals surface area contributed by atoms with Gasteiger partial charge in [0.15, 0.2) is 11.6 Å². The van der Waals surface area contributed by atoms with Gasteiger partial charge >= 0.3 is 0 Å². The Hall–Kier alpha value is -3.28. The predicted octanol–water partition coefficient (Wildman–Crippen LogP) is 12.1. The molecule has 0 saturated heterocycles. The van der Waals surface area contributed by atoms with E-state index in [9.17, 15) is 9.59 Å². The van der Waals surface area contributed by atoms with E-state index in [2.05, 4.69) is 29.8 Å². The second kappa shape index (κ2) is 18.8. The van der Waals surface area contributed by atoms with E-state index in [4.69, 9.17) is 37.9 Å². The van der Waals surface area contributed by atoms with Crippen LogP contribution in [0.2, 0.25) is 10.0 Å². The van der Waals surface area contributed by atoms with E-state index >= 15 is 0 Å². The number of alkyl halides is 1. The summed E-state index contributed by atoms with van der Waals surface area (Å²) >= 11 is 17.0. The zero-order valence-corrected chi connectivity index (χ0v) is 30.0. The highest BCUT2D eigenvalue weighted by Gasteiger charge is 2.23. The average molecular weight is 742 g/mol. The highest BCUT2D eigenvalue weighted by atomic mass is 79.9. The van der Waals surface area contributed by atoms with Crippen molar-refractivity contribution < 1.29 is 19.1 Å². The molecule has 9 heteroatoms. The number of thioether (sulfide) groups is 1. The van der Waals surface area contributed by atoms with Crippen LogP contribution in [0.5, 0.6) is 23.0 Å². The molecule has 0 radical (unpaired) electrons. The van der Waals surface area contributed by atoms with Crippen LogP contribution in [-0.2, 0) is 0 Å². The highest BCUT2D eigenvalue weighted by molar-refractivity contribution is 9.10. The third kappa shape index (κ3) is 11.8. The maximum Gasteiger partial charge on any atom is 0.176 e. The molecular weight excluding hydrogens is 705 g/mol. The molecular formula is C37H36BrCl2NO4S. The Morgan fingerprint density at radius 1 is 0.717 bits per heavy atom. The van der Waals surface area contributed by atoms with Crippen LogP contribution in [0.25, 0.3) is 0 Å². The number of halogens is 3. The van der Waals surface area contributed by atoms with E-state index in [-0.39, 0.29) is 21.6 Å². The summed E-state index contributed by atoms with van der Waals surface area (Å²) in [7, 11) is 0. The van der Waals surface area contributed by atoms with Crippen LogP contribution in [0.4, 0.5) is 0 Å². The number of para-hydroxylation sites is 2. The van der Waals surface area contributed by atoms with Gasteiger partial charge < -0.3 is 9.47 Å². The first-order chi connectivity index (χ1) is 22.0. The number of nitriles is 1. The number of thiocyanates is 1. The van der Waals surface area contributed by atoms with Crippen molar-refractivity contribution in [2.24, 2.45) is 11.8 Å². The molecule has 240 valence electrons. The quantitative estimate of drug-likeness (QED) is 0.0771. The van der Waals surface area contributed by atoms with Gasteiger partial charge in [-0.3, -0.25) is 9.59 Å². The van der Waals surface area contributed by atoms with E-state index < -0.39 is 0 Å². The Balaban J connectivity index is 0.000000251. The molecule has 4 aromatic rings. The van der Waals surface area contributed by atoms with Gasteiger partial charge in [-0.05, 0) is 97.1 Å². The second-order valence-corrected chi connectivity index (χ2v) is 14.2. The normalized spacial score (nSPS) is 12.0. The van der Waals surface area contributed by atoms with Gasteiger partial charge in [0.25, 0.3) is 0 Å². The lowest BCUT2D eigenvalue weighted by atomic mass is 10.0. The summed E-state index contributed by atoms with van der Waals surface area (Å²) in [5, 5.41) is 11.4. The average Bonchev–Trinajstić information content (AvgIpc) is 3.03. The first-order valence-electron chi connectivity index (χ1n) is 14.8. The lowest BCUT2D eigenvalue weighted by Gasteiger charge is -2.15. The zero-order valence-electron chi connectivity index (χ0n) is 26.1. The Morgan fingerprint density at radius 2 is 1.15 bits per heavy atom. The molecule has 0 amide bonds. The minimum Gasteiger partial charge on any atom is -0.456 e. The van der Waals surface area contributed by atoms with Gasteiger partial charge in [-0.2, -0.15) is 5.26 Å². The number of ether oxygens (including phenoxy) is 2. The molecule has 0 spiro atoms. The molecule has 4 rings (SSSR count). The molecule has 4 aromatic carbocycles. The van der Waals surface area contributed by atoms with Crippen LogP contribution >= 0.6 is 50.9 Å². The number of hydrogen-bond donors (Lipinski definition) is 0. The number of Topliss-reactive ketones (excluding diaryl/α,β-unsaturated/α-hetero) is 2. The van der Waals surface area contributed by atoms with Crippen molar-refractivity contribution in [3.05, 3.63) is 118 Å². The summed E-state index contributed by atoms with van der Waals surface area (Å²) in [6, 6.07) is 28.8. The fourth-order valence-electron chi connectivity index (χ4n) is 4.29. The first-order valence-corrected chi connectivity index (χ1v) is 17.4. The standard InChI is InChI=1S/C19H18ClNO2S.C18H18BrClO2/c1-13(2)10-18(24-12-21)19(22)14-8-9-17(16(20)11-14)23-15-6-4-3-5-7-15;1-12(2)10-15(19)18(21)13-8-9-17(16(20)11-13)22-14-6-4-3-5-7-14/h3-9,11,13,18H,10H2,1-2H3;3-9,11-12,15H,10H2,1-2H3. The summed E-state index contributed by atoms with van der Waals surface area (Å²) in [5.41, 5.74) is 1.08. The van der Waals surface area contributed by atoms with Crippen molar-refractivity contribution in [3.63, 3.8) is 0 Å². The molecule has 0 fully saturated rings. The number of rotatable bonds is 13. The Kier molecular flexibility index (Phi) is 15.2. The highest BCUT2D eigenvalue weighted by Crippen LogP contribution is 2.33. The van der Waals surface area contributed by atoms with Gasteiger partial charge in [-0.25, -0.2) is 0 Å². The van der Waals surface area contributed by atoms with Crippen LogP contribution in [0.1, 0.15) is 61.3 Å². The third-order valence-electron chi connectivity index (χ3n) is 6.51. The second-order valence-electron chi connectivity index (χ2n) is 11.3. The summed E-state index contributed by atoms with van der Waals surface area (Å²) < 4.78 is 11.4. The minimum atomic E-state index is -0.382. The molecule has 5 nitrogen and oxygen atoms in total. The van der Waals surface area contributed by atoms with Crippen molar-refractivity contribution >= 4 is 62.5 Å². The van der Waals surface area contributed by atoms with Crippen LogP contribution in [0.3, 0.4) is 0 Å². The zero-order chi connectivity index (χ0) is 33.6. The Morgan fingerprint density at radius 3 is 1.54 bits per heavy atom. The maximum atomic E-state index is 12.6. The van der Waals surface area contributed by atoms with Gasteiger partial charge in [0.1, 0.15) is 28.4 Å². The molecule has 0 heterocycles. The summed E-state index contributed by atoms with van der Waals surface area (Å²) in [6.07, 6.45) is 1.44. The monoisotopic (exact) mass is 739 g/mol. The molecule has 0 N–H and O–H groups in total. The van der Waals surface area contributed by atoms with Crippen LogP contribution in [0, 0.1) is 22.5 Å². The van der Waals surface area contributed by atoms with E-state index in [0.717, 1.165) is 18.2 Å². The molecule has 0 aliphatic heterocycles. The summed E-state index contributed by atoms with van der Waals surface area (Å²) in [5.74, 6) is 3.16. The van der Waals surface area contributed by atoms with Crippen LogP contribution in [-0.4, -0.2) is 21.6 Å². The molecule has 0 aliphatic carbocycles. The largest absolute Gasteiger partial charge is 0.456 e. The minimum absolute atomic E-state index is 0.0434.